The second kappa shape index (κ2) is 8.00. The molecule has 0 unspecified atom stereocenters. The highest BCUT2D eigenvalue weighted by molar-refractivity contribution is 6.08. The second-order valence-corrected chi connectivity index (χ2v) is 5.78. The van der Waals surface area contributed by atoms with E-state index in [2.05, 4.69) is 10.6 Å². The number of para-hydroxylation sites is 2. The van der Waals surface area contributed by atoms with Gasteiger partial charge in [0, 0.05) is 17.4 Å². The molecule has 0 bridgehead atoms. The number of rotatable bonds is 5. The number of hydrogen-bond acceptors (Lipinski definition) is 5. The van der Waals surface area contributed by atoms with Crippen molar-refractivity contribution in [2.75, 3.05) is 10.6 Å². The number of nitro groups is 1. The van der Waals surface area contributed by atoms with Crippen LogP contribution in [0.15, 0.2) is 72.8 Å². The number of aromatic hydroxyl groups is 1. The van der Waals surface area contributed by atoms with Crippen LogP contribution in [0, 0.1) is 10.1 Å². The minimum atomic E-state index is -0.619. The van der Waals surface area contributed by atoms with Gasteiger partial charge in [-0.1, -0.05) is 24.3 Å². The summed E-state index contributed by atoms with van der Waals surface area (Å²) in [6, 6.07) is 18.0. The van der Waals surface area contributed by atoms with Crippen LogP contribution in [0.2, 0.25) is 0 Å². The van der Waals surface area contributed by atoms with Gasteiger partial charge in [0.25, 0.3) is 17.5 Å². The van der Waals surface area contributed by atoms with Gasteiger partial charge in [0.1, 0.15) is 11.3 Å². The zero-order valence-electron chi connectivity index (χ0n) is 14.5. The van der Waals surface area contributed by atoms with Crippen molar-refractivity contribution in [1.29, 1.82) is 0 Å². The van der Waals surface area contributed by atoms with Crippen molar-refractivity contribution < 1.29 is 19.6 Å². The number of amides is 2. The standard InChI is InChI=1S/C20H15N3O5/c24-18-8-4-2-6-16(18)20(26)22-14-11-9-13(10-12-14)21-19(25)15-5-1-3-7-17(15)23(27)28/h1-12,24H,(H,21,25)(H,22,26). The Kier molecular flexibility index (Phi) is 5.31. The number of nitrogens with one attached hydrogen (secondary N) is 2. The summed E-state index contributed by atoms with van der Waals surface area (Å²) in [5, 5.41) is 26.0. The van der Waals surface area contributed by atoms with E-state index in [1.807, 2.05) is 0 Å². The molecule has 3 rings (SSSR count). The van der Waals surface area contributed by atoms with E-state index < -0.39 is 16.7 Å². The lowest BCUT2D eigenvalue weighted by molar-refractivity contribution is -0.385. The molecule has 0 aliphatic heterocycles. The lowest BCUT2D eigenvalue weighted by Gasteiger charge is -2.09. The summed E-state index contributed by atoms with van der Waals surface area (Å²) in [6.07, 6.45) is 0. The lowest BCUT2D eigenvalue weighted by atomic mass is 10.1. The highest BCUT2D eigenvalue weighted by Crippen LogP contribution is 2.21. The molecule has 3 aromatic carbocycles. The highest BCUT2D eigenvalue weighted by atomic mass is 16.6. The van der Waals surface area contributed by atoms with Crippen molar-refractivity contribution >= 4 is 28.9 Å². The molecule has 0 aliphatic carbocycles. The first-order valence-corrected chi connectivity index (χ1v) is 8.20. The number of nitrogens with zero attached hydrogens (tertiary/aromatic N) is 1. The van der Waals surface area contributed by atoms with Crippen LogP contribution in [0.1, 0.15) is 20.7 Å². The molecule has 28 heavy (non-hydrogen) atoms. The maximum atomic E-state index is 12.3. The van der Waals surface area contributed by atoms with Crippen LogP contribution in [-0.4, -0.2) is 21.8 Å². The summed E-state index contributed by atoms with van der Waals surface area (Å²) < 4.78 is 0. The van der Waals surface area contributed by atoms with Gasteiger partial charge in [0.15, 0.2) is 0 Å². The summed E-state index contributed by atoms with van der Waals surface area (Å²) in [6.45, 7) is 0. The molecule has 0 saturated heterocycles. The van der Waals surface area contributed by atoms with Crippen molar-refractivity contribution in [3.8, 4) is 5.75 Å². The Morgan fingerprint density at radius 1 is 0.750 bits per heavy atom. The zero-order valence-corrected chi connectivity index (χ0v) is 14.5. The quantitative estimate of drug-likeness (QED) is 0.461. The Labute approximate surface area is 159 Å². The molecule has 0 radical (unpaired) electrons. The van der Waals surface area contributed by atoms with Crippen molar-refractivity contribution in [2.24, 2.45) is 0 Å². The van der Waals surface area contributed by atoms with E-state index >= 15 is 0 Å². The van der Waals surface area contributed by atoms with Crippen LogP contribution in [0.4, 0.5) is 17.1 Å². The van der Waals surface area contributed by atoms with E-state index in [-0.39, 0.29) is 22.6 Å². The molecule has 0 saturated carbocycles. The molecule has 3 aromatic rings. The predicted octanol–water partition coefficient (Wildman–Crippen LogP) is 3.81. The van der Waals surface area contributed by atoms with Crippen molar-refractivity contribution in [3.63, 3.8) is 0 Å². The van der Waals surface area contributed by atoms with E-state index in [1.165, 1.54) is 30.3 Å². The SMILES string of the molecule is O=C(Nc1ccc(NC(=O)c2ccccc2[N+](=O)[O-])cc1)c1ccccc1O. The maximum Gasteiger partial charge on any atom is 0.282 e. The van der Waals surface area contributed by atoms with Crippen LogP contribution in [0.5, 0.6) is 5.75 Å². The van der Waals surface area contributed by atoms with Crippen LogP contribution in [0.3, 0.4) is 0 Å². The second-order valence-electron chi connectivity index (χ2n) is 5.78. The number of nitro benzene ring substituents is 1. The van der Waals surface area contributed by atoms with Gasteiger partial charge in [-0.15, -0.1) is 0 Å². The third-order valence-electron chi connectivity index (χ3n) is 3.89. The molecule has 0 aliphatic rings. The Morgan fingerprint density at radius 2 is 1.21 bits per heavy atom. The molecule has 0 heterocycles. The number of hydrogen-bond donors (Lipinski definition) is 3. The molecule has 8 nitrogen and oxygen atoms in total. The van der Waals surface area contributed by atoms with Crippen molar-refractivity contribution in [2.45, 2.75) is 0 Å². The lowest BCUT2D eigenvalue weighted by Crippen LogP contribution is -2.14. The van der Waals surface area contributed by atoms with E-state index in [9.17, 15) is 24.8 Å². The largest absolute Gasteiger partial charge is 0.507 e. The van der Waals surface area contributed by atoms with Gasteiger partial charge in [-0.2, -0.15) is 0 Å². The van der Waals surface area contributed by atoms with Gasteiger partial charge in [-0.3, -0.25) is 19.7 Å². The Hall–Kier alpha value is -4.20. The molecular weight excluding hydrogens is 362 g/mol. The number of carbonyl (C=O) groups is 2. The Bertz CT molecular complexity index is 1050. The minimum absolute atomic E-state index is 0.0515. The fraction of sp³-hybridized carbons (Fsp3) is 0. The average Bonchev–Trinajstić information content (AvgIpc) is 2.69. The highest BCUT2D eigenvalue weighted by Gasteiger charge is 2.19. The van der Waals surface area contributed by atoms with Crippen LogP contribution < -0.4 is 10.6 Å². The smallest absolute Gasteiger partial charge is 0.282 e. The van der Waals surface area contributed by atoms with Crippen LogP contribution >= 0.6 is 0 Å². The summed E-state index contributed by atoms with van der Waals surface area (Å²) in [7, 11) is 0. The summed E-state index contributed by atoms with van der Waals surface area (Å²) >= 11 is 0. The monoisotopic (exact) mass is 377 g/mol. The van der Waals surface area contributed by atoms with Gasteiger partial charge >= 0.3 is 0 Å². The van der Waals surface area contributed by atoms with Gasteiger partial charge in [-0.05, 0) is 42.5 Å². The first kappa shape index (κ1) is 18.6. The number of anilines is 2. The molecular formula is C20H15N3O5. The third kappa shape index (κ3) is 4.13. The summed E-state index contributed by atoms with van der Waals surface area (Å²) in [4.78, 5) is 34.9. The molecule has 0 fully saturated rings. The zero-order chi connectivity index (χ0) is 20.1. The van der Waals surface area contributed by atoms with E-state index in [0.717, 1.165) is 0 Å². The van der Waals surface area contributed by atoms with Gasteiger partial charge in [0.05, 0.1) is 10.5 Å². The molecule has 140 valence electrons. The molecule has 0 spiro atoms. The van der Waals surface area contributed by atoms with E-state index in [1.54, 1.807) is 42.5 Å². The van der Waals surface area contributed by atoms with Gasteiger partial charge < -0.3 is 15.7 Å². The topological polar surface area (TPSA) is 122 Å². The Balaban J connectivity index is 1.70. The van der Waals surface area contributed by atoms with Crippen LogP contribution in [-0.2, 0) is 0 Å². The Morgan fingerprint density at radius 3 is 1.75 bits per heavy atom. The third-order valence-corrected chi connectivity index (χ3v) is 3.89. The van der Waals surface area contributed by atoms with E-state index in [4.69, 9.17) is 0 Å². The summed E-state index contributed by atoms with van der Waals surface area (Å²) in [5.41, 5.74) is 0.660. The number of carbonyl (C=O) groups excluding carboxylic acids is 2. The van der Waals surface area contributed by atoms with Crippen molar-refractivity contribution in [1.82, 2.24) is 0 Å². The first-order valence-electron chi connectivity index (χ1n) is 8.20. The summed E-state index contributed by atoms with van der Waals surface area (Å²) in [5.74, 6) is -1.22. The molecule has 0 atom stereocenters. The molecule has 2 amide bonds. The van der Waals surface area contributed by atoms with Gasteiger partial charge in [0.2, 0.25) is 0 Å². The number of phenolic OH excluding ortho intramolecular Hbond substituents is 1. The number of phenols is 1. The van der Waals surface area contributed by atoms with E-state index in [0.29, 0.717) is 11.4 Å². The normalized spacial score (nSPS) is 10.1. The van der Waals surface area contributed by atoms with Crippen LogP contribution in [0.25, 0.3) is 0 Å². The molecule has 8 heteroatoms. The van der Waals surface area contributed by atoms with Crippen molar-refractivity contribution in [3.05, 3.63) is 94.0 Å². The molecule has 0 aromatic heterocycles. The van der Waals surface area contributed by atoms with Gasteiger partial charge in [-0.25, -0.2) is 0 Å². The minimum Gasteiger partial charge on any atom is -0.507 e. The average molecular weight is 377 g/mol. The maximum absolute atomic E-state index is 12.3. The predicted molar refractivity (Wildman–Crippen MR) is 104 cm³/mol. The fourth-order valence-electron chi connectivity index (χ4n) is 2.52. The molecule has 3 N–H and O–H groups in total. The number of benzene rings is 3. The first-order chi connectivity index (χ1) is 13.5. The fourth-order valence-corrected chi connectivity index (χ4v) is 2.52.